The van der Waals surface area contributed by atoms with Gasteiger partial charge in [-0.05, 0) is 108 Å². The number of aryl methyl sites for hydroxylation is 4. The van der Waals surface area contributed by atoms with Crippen molar-refractivity contribution in [2.75, 3.05) is 0 Å². The van der Waals surface area contributed by atoms with Crippen LogP contribution < -0.4 is 4.74 Å². The van der Waals surface area contributed by atoms with Crippen molar-refractivity contribution >= 4 is 76.7 Å². The Balaban J connectivity index is 0.00000408. The number of ether oxygens (including phenoxy) is 1. The molecule has 0 saturated heterocycles. The van der Waals surface area contributed by atoms with Gasteiger partial charge in [0.2, 0.25) is 0 Å². The Morgan fingerprint density at radius 2 is 1.00 bits per heavy atom. The third-order valence-corrected chi connectivity index (χ3v) is 12.1. The molecule has 0 saturated carbocycles. The number of fused-ring (bicyclic) bond motifs is 16. The van der Waals surface area contributed by atoms with Gasteiger partial charge in [-0.25, -0.2) is 0 Å². The Bertz CT molecular complexity index is 3730. The molecule has 7 heteroatoms. The predicted molar refractivity (Wildman–Crippen MR) is 241 cm³/mol. The topological polar surface area (TPSA) is 56.7 Å². The maximum absolute atomic E-state index is 6.69. The fourth-order valence-corrected chi connectivity index (χ4v) is 9.59. The van der Waals surface area contributed by atoms with Crippen LogP contribution in [0.15, 0.2) is 140 Å². The zero-order valence-corrected chi connectivity index (χ0v) is 34.8. The van der Waals surface area contributed by atoms with Gasteiger partial charge in [0, 0.05) is 35.0 Å². The SMILES string of the molecule is Cc1cccc(C)c1-c1ccc2c3ccc(Oc4[c-]c5c(cc4)c4ccncc4n4c6ccccc6nc54)[c-]c3c3nc4ccccc4n3c2c1-c1c(C)cccc1C.[Pd+2]. The molecule has 5 heterocycles. The van der Waals surface area contributed by atoms with E-state index in [1.807, 2.05) is 42.7 Å². The number of imidazole rings is 2. The van der Waals surface area contributed by atoms with Crippen LogP contribution in [0.1, 0.15) is 22.3 Å². The molecule has 12 rings (SSSR count). The fraction of sp³-hybridized carbons (Fsp3) is 0.0755. The van der Waals surface area contributed by atoms with Crippen molar-refractivity contribution in [3.8, 4) is 33.8 Å². The minimum atomic E-state index is 0. The van der Waals surface area contributed by atoms with E-state index in [1.54, 1.807) is 0 Å². The number of aromatic nitrogens is 5. The van der Waals surface area contributed by atoms with E-state index >= 15 is 0 Å². The van der Waals surface area contributed by atoms with Crippen LogP contribution in [0.4, 0.5) is 0 Å². The maximum atomic E-state index is 6.69. The number of rotatable bonds is 4. The monoisotopic (exact) mass is 863 g/mol. The number of hydrogen-bond donors (Lipinski definition) is 0. The summed E-state index contributed by atoms with van der Waals surface area (Å²) in [5.41, 5.74) is 17.6. The molecule has 5 aromatic heterocycles. The molecule has 0 bridgehead atoms. The van der Waals surface area contributed by atoms with Crippen LogP contribution in [-0.2, 0) is 20.4 Å². The molecule has 288 valence electrons. The molecule has 12 aromatic rings. The molecular formula is C53H35N5OPd. The van der Waals surface area contributed by atoms with Crippen molar-refractivity contribution in [1.29, 1.82) is 0 Å². The largest absolute Gasteiger partial charge is 2.00 e. The molecule has 0 spiro atoms. The van der Waals surface area contributed by atoms with Gasteiger partial charge in [-0.3, -0.25) is 15.0 Å². The first-order chi connectivity index (χ1) is 28.9. The van der Waals surface area contributed by atoms with Crippen LogP contribution in [0.5, 0.6) is 11.5 Å². The second-order valence-electron chi connectivity index (χ2n) is 15.7. The number of hydrogen-bond acceptors (Lipinski definition) is 4. The van der Waals surface area contributed by atoms with E-state index in [-0.39, 0.29) is 20.4 Å². The molecule has 0 unspecified atom stereocenters. The van der Waals surface area contributed by atoms with Gasteiger partial charge in [0.25, 0.3) is 0 Å². The van der Waals surface area contributed by atoms with Gasteiger partial charge in [0.15, 0.2) is 0 Å². The van der Waals surface area contributed by atoms with Gasteiger partial charge in [-0.2, -0.15) is 0 Å². The van der Waals surface area contributed by atoms with E-state index in [9.17, 15) is 0 Å². The summed E-state index contributed by atoms with van der Waals surface area (Å²) in [6.07, 6.45) is 3.74. The van der Waals surface area contributed by atoms with E-state index in [4.69, 9.17) is 14.7 Å². The average Bonchev–Trinajstić information content (AvgIpc) is 3.84. The van der Waals surface area contributed by atoms with Crippen LogP contribution in [0, 0.1) is 39.8 Å². The van der Waals surface area contributed by atoms with E-state index in [0.29, 0.717) is 11.5 Å². The number of pyridine rings is 3. The molecule has 60 heavy (non-hydrogen) atoms. The Morgan fingerprint density at radius 1 is 0.467 bits per heavy atom. The fourth-order valence-electron chi connectivity index (χ4n) is 9.59. The van der Waals surface area contributed by atoms with Crippen molar-refractivity contribution in [3.05, 3.63) is 174 Å². The summed E-state index contributed by atoms with van der Waals surface area (Å²) in [5, 5.41) is 6.07. The molecule has 0 amide bonds. The molecule has 7 aromatic carbocycles. The van der Waals surface area contributed by atoms with Gasteiger partial charge in [0.1, 0.15) is 0 Å². The molecule has 0 aliphatic carbocycles. The summed E-state index contributed by atoms with van der Waals surface area (Å²) in [7, 11) is 0. The Morgan fingerprint density at radius 3 is 1.63 bits per heavy atom. The van der Waals surface area contributed by atoms with E-state index < -0.39 is 0 Å². The van der Waals surface area contributed by atoms with Gasteiger partial charge in [0.05, 0.1) is 38.9 Å². The van der Waals surface area contributed by atoms with Crippen LogP contribution in [-0.4, -0.2) is 23.8 Å². The van der Waals surface area contributed by atoms with Crippen molar-refractivity contribution in [2.45, 2.75) is 27.7 Å². The molecule has 0 radical (unpaired) electrons. The van der Waals surface area contributed by atoms with Gasteiger partial charge < -0.3 is 13.5 Å². The summed E-state index contributed by atoms with van der Waals surface area (Å²) >= 11 is 0. The first-order valence-corrected chi connectivity index (χ1v) is 19.9. The van der Waals surface area contributed by atoms with Crippen molar-refractivity contribution in [3.63, 3.8) is 0 Å². The molecule has 0 atom stereocenters. The normalized spacial score (nSPS) is 11.9. The number of benzene rings is 7. The van der Waals surface area contributed by atoms with Gasteiger partial charge in [-0.1, -0.05) is 119 Å². The molecule has 0 N–H and O–H groups in total. The Kier molecular flexibility index (Phi) is 8.19. The quantitative estimate of drug-likeness (QED) is 0.100. The standard InChI is InChI=1S/C53H35N5O.Pd/c1-30-11-9-12-31(2)48(30)40-24-23-39-37-22-20-35(28-42(37)53-56-44-16-6-8-18-46(44)58(53)51(39)50(40)49-32(3)13-10-14-33(49)4)59-34-19-21-36-38-25-26-54-29-47(38)57-45-17-7-5-15-43(45)55-52(57)41(36)27-34;/h5-26,29H,1-4H3;/q-2;+2. The zero-order valence-electron chi connectivity index (χ0n) is 33.2. The second kappa shape index (κ2) is 13.6. The van der Waals surface area contributed by atoms with Crippen LogP contribution in [0.2, 0.25) is 0 Å². The molecular weight excluding hydrogens is 829 g/mol. The predicted octanol–water partition coefficient (Wildman–Crippen LogP) is 13.3. The number of nitrogens with zero attached hydrogens (tertiary/aromatic N) is 5. The first-order valence-electron chi connectivity index (χ1n) is 19.9. The van der Waals surface area contributed by atoms with Gasteiger partial charge >= 0.3 is 20.4 Å². The summed E-state index contributed by atoms with van der Waals surface area (Å²) in [6.45, 7) is 8.88. The summed E-state index contributed by atoms with van der Waals surface area (Å²) in [5.74, 6) is 1.16. The summed E-state index contributed by atoms with van der Waals surface area (Å²) in [6, 6.07) is 52.0. The third kappa shape index (κ3) is 5.20. The van der Waals surface area contributed by atoms with Crippen LogP contribution in [0.25, 0.3) is 99.0 Å². The molecule has 0 fully saturated rings. The van der Waals surface area contributed by atoms with Crippen molar-refractivity contribution in [1.82, 2.24) is 23.8 Å². The van der Waals surface area contributed by atoms with Gasteiger partial charge in [-0.15, -0.1) is 12.1 Å². The van der Waals surface area contributed by atoms with Crippen LogP contribution >= 0.6 is 0 Å². The van der Waals surface area contributed by atoms with Crippen molar-refractivity contribution in [2.24, 2.45) is 0 Å². The Labute approximate surface area is 359 Å². The minimum absolute atomic E-state index is 0. The first kappa shape index (κ1) is 36.2. The van der Waals surface area contributed by atoms with Crippen LogP contribution in [0.3, 0.4) is 0 Å². The van der Waals surface area contributed by atoms with E-state index in [0.717, 1.165) is 76.7 Å². The summed E-state index contributed by atoms with van der Waals surface area (Å²) < 4.78 is 11.2. The second-order valence-corrected chi connectivity index (χ2v) is 15.7. The molecule has 6 nitrogen and oxygen atoms in total. The Hall–Kier alpha value is -6.91. The van der Waals surface area contributed by atoms with E-state index in [1.165, 1.54) is 44.5 Å². The third-order valence-electron chi connectivity index (χ3n) is 12.1. The minimum Gasteiger partial charge on any atom is -0.497 e. The van der Waals surface area contributed by atoms with E-state index in [2.05, 4.69) is 151 Å². The average molecular weight is 864 g/mol. The maximum Gasteiger partial charge on any atom is 2.00 e. The van der Waals surface area contributed by atoms with Crippen molar-refractivity contribution < 1.29 is 25.2 Å². The summed E-state index contributed by atoms with van der Waals surface area (Å²) in [4.78, 5) is 14.9. The zero-order chi connectivity index (χ0) is 39.5. The molecule has 0 aliphatic rings. The number of para-hydroxylation sites is 4. The smallest absolute Gasteiger partial charge is 0.497 e. The molecule has 0 aliphatic heterocycles.